The number of ether oxygens (including phenoxy) is 1. The van der Waals surface area contributed by atoms with E-state index in [1.807, 2.05) is 0 Å². The summed E-state index contributed by atoms with van der Waals surface area (Å²) < 4.78 is 4.79. The molecule has 0 rings (SSSR count). The summed E-state index contributed by atoms with van der Waals surface area (Å²) in [5.74, 6) is -2.03. The zero-order valence-electron chi connectivity index (χ0n) is 7.13. The molecule has 0 bridgehead atoms. The van der Waals surface area contributed by atoms with Crippen molar-refractivity contribution in [2.75, 3.05) is 0 Å². The van der Waals surface area contributed by atoms with Gasteiger partial charge in [0.15, 0.2) is 0 Å². The Morgan fingerprint density at radius 1 is 1.42 bits per heavy atom. The van der Waals surface area contributed by atoms with Crippen molar-refractivity contribution in [1.82, 2.24) is 0 Å². The minimum absolute atomic E-state index is 0.654. The van der Waals surface area contributed by atoms with E-state index in [9.17, 15) is 9.59 Å². The van der Waals surface area contributed by atoms with Crippen LogP contribution in [0, 0.1) is 0 Å². The number of halogens is 1. The van der Waals surface area contributed by atoms with Gasteiger partial charge in [-0.3, -0.25) is 9.59 Å². The number of aliphatic carboxylic acids is 1. The molecule has 0 heterocycles. The Balaban J connectivity index is 4.15. The van der Waals surface area contributed by atoms with Crippen molar-refractivity contribution in [2.24, 2.45) is 0 Å². The number of carbonyl (C=O) groups is 2. The van der Waals surface area contributed by atoms with Crippen LogP contribution in [0.5, 0.6) is 0 Å². The highest BCUT2D eigenvalue weighted by atomic mass is 79.9. The van der Waals surface area contributed by atoms with Gasteiger partial charge in [-0.2, -0.15) is 0 Å². The predicted molar refractivity (Wildman–Crippen MR) is 46.2 cm³/mol. The molecular formula is C7H11BrO4. The molecule has 0 aliphatic heterocycles. The van der Waals surface area contributed by atoms with Crippen LogP contribution in [0.2, 0.25) is 0 Å². The SMILES string of the molecule is CC(C)(C)OC(=O)C(Br)C(=O)O. The van der Waals surface area contributed by atoms with Crippen molar-refractivity contribution in [3.63, 3.8) is 0 Å². The maximum absolute atomic E-state index is 11.0. The lowest BCUT2D eigenvalue weighted by molar-refractivity contribution is -0.158. The van der Waals surface area contributed by atoms with Gasteiger partial charge in [0.25, 0.3) is 0 Å². The Hall–Kier alpha value is -0.580. The Labute approximate surface area is 79.0 Å². The molecule has 1 atom stereocenters. The van der Waals surface area contributed by atoms with Gasteiger partial charge in [-0.05, 0) is 20.8 Å². The molecule has 0 saturated carbocycles. The Kier molecular flexibility index (Phi) is 3.70. The highest BCUT2D eigenvalue weighted by Crippen LogP contribution is 2.11. The van der Waals surface area contributed by atoms with Crippen molar-refractivity contribution >= 4 is 27.9 Å². The number of rotatable bonds is 2. The fourth-order valence-electron chi connectivity index (χ4n) is 0.454. The van der Waals surface area contributed by atoms with Crippen molar-refractivity contribution < 1.29 is 19.4 Å². The molecule has 0 aliphatic rings. The molecule has 0 aromatic rings. The summed E-state index contributed by atoms with van der Waals surface area (Å²) in [5, 5.41) is 8.40. The van der Waals surface area contributed by atoms with Crippen molar-refractivity contribution in [2.45, 2.75) is 31.2 Å². The second-order valence-corrected chi connectivity index (χ2v) is 4.15. The minimum Gasteiger partial charge on any atom is -0.480 e. The van der Waals surface area contributed by atoms with E-state index in [0.717, 1.165) is 0 Å². The summed E-state index contributed by atoms with van der Waals surface area (Å²) in [7, 11) is 0. The first-order chi connectivity index (χ1) is 5.24. The Bertz CT molecular complexity index is 194. The van der Waals surface area contributed by atoms with Crippen LogP contribution >= 0.6 is 15.9 Å². The number of alkyl halides is 1. The van der Waals surface area contributed by atoms with Gasteiger partial charge in [0, 0.05) is 0 Å². The lowest BCUT2D eigenvalue weighted by Crippen LogP contribution is -2.32. The summed E-state index contributed by atoms with van der Waals surface area (Å²) in [4.78, 5) is 19.9. The van der Waals surface area contributed by atoms with Crippen LogP contribution < -0.4 is 0 Å². The maximum Gasteiger partial charge on any atom is 0.331 e. The molecule has 0 amide bonds. The molecular weight excluding hydrogens is 228 g/mol. The lowest BCUT2D eigenvalue weighted by Gasteiger charge is -2.20. The average molecular weight is 239 g/mol. The smallest absolute Gasteiger partial charge is 0.331 e. The van der Waals surface area contributed by atoms with Crippen LogP contribution in [0.3, 0.4) is 0 Å². The van der Waals surface area contributed by atoms with Crippen LogP contribution in [0.25, 0.3) is 0 Å². The van der Waals surface area contributed by atoms with Crippen LogP contribution in [0.15, 0.2) is 0 Å². The van der Waals surface area contributed by atoms with E-state index < -0.39 is 22.4 Å². The van der Waals surface area contributed by atoms with Gasteiger partial charge in [0.1, 0.15) is 5.60 Å². The molecule has 12 heavy (non-hydrogen) atoms. The van der Waals surface area contributed by atoms with Crippen molar-refractivity contribution in [3.05, 3.63) is 0 Å². The Morgan fingerprint density at radius 2 is 1.83 bits per heavy atom. The number of hydrogen-bond donors (Lipinski definition) is 1. The lowest BCUT2D eigenvalue weighted by atomic mass is 10.2. The Morgan fingerprint density at radius 3 is 2.08 bits per heavy atom. The summed E-state index contributed by atoms with van der Waals surface area (Å²) in [6.07, 6.45) is 0. The number of carboxylic acid groups (broad SMARTS) is 1. The van der Waals surface area contributed by atoms with Gasteiger partial charge >= 0.3 is 11.9 Å². The fourth-order valence-corrected chi connectivity index (χ4v) is 0.548. The van der Waals surface area contributed by atoms with E-state index in [-0.39, 0.29) is 0 Å². The van der Waals surface area contributed by atoms with E-state index in [1.54, 1.807) is 20.8 Å². The van der Waals surface area contributed by atoms with Crippen molar-refractivity contribution in [3.8, 4) is 0 Å². The molecule has 0 fully saturated rings. The summed E-state index contributed by atoms with van der Waals surface area (Å²) in [6.45, 7) is 5.02. The van der Waals surface area contributed by atoms with E-state index in [0.29, 0.717) is 0 Å². The van der Waals surface area contributed by atoms with E-state index in [4.69, 9.17) is 9.84 Å². The zero-order chi connectivity index (χ0) is 9.94. The highest BCUT2D eigenvalue weighted by Gasteiger charge is 2.28. The number of carboxylic acids is 1. The van der Waals surface area contributed by atoms with E-state index >= 15 is 0 Å². The molecule has 0 radical (unpaired) electrons. The largest absolute Gasteiger partial charge is 0.480 e. The monoisotopic (exact) mass is 238 g/mol. The molecule has 0 spiro atoms. The fraction of sp³-hybridized carbons (Fsp3) is 0.714. The second-order valence-electron chi connectivity index (χ2n) is 3.23. The minimum atomic E-state index is -1.28. The molecule has 4 nitrogen and oxygen atoms in total. The van der Waals surface area contributed by atoms with Gasteiger partial charge in [-0.1, -0.05) is 15.9 Å². The third kappa shape index (κ3) is 4.33. The van der Waals surface area contributed by atoms with Crippen LogP contribution in [0.1, 0.15) is 20.8 Å². The van der Waals surface area contributed by atoms with Gasteiger partial charge in [0.05, 0.1) is 0 Å². The summed E-state index contributed by atoms with van der Waals surface area (Å²) >= 11 is 2.69. The normalized spacial score (nSPS) is 13.7. The van der Waals surface area contributed by atoms with E-state index in [1.165, 1.54) is 0 Å². The third-order valence-electron chi connectivity index (χ3n) is 0.831. The molecule has 1 unspecified atom stereocenters. The van der Waals surface area contributed by atoms with Crippen LogP contribution in [-0.4, -0.2) is 27.5 Å². The number of esters is 1. The van der Waals surface area contributed by atoms with Gasteiger partial charge in [0.2, 0.25) is 4.83 Å². The number of hydrogen-bond acceptors (Lipinski definition) is 3. The summed E-state index contributed by atoms with van der Waals surface area (Å²) in [5.41, 5.74) is -0.654. The predicted octanol–water partition coefficient (Wildman–Crippen LogP) is 1.18. The number of carbonyl (C=O) groups excluding carboxylic acids is 1. The molecule has 70 valence electrons. The molecule has 1 N–H and O–H groups in total. The highest BCUT2D eigenvalue weighted by molar-refractivity contribution is 9.10. The average Bonchev–Trinajstić information content (AvgIpc) is 1.82. The van der Waals surface area contributed by atoms with Gasteiger partial charge < -0.3 is 9.84 Å². The standard InChI is InChI=1S/C7H11BrO4/c1-7(2,3)12-6(11)4(8)5(9)10/h4H,1-3H3,(H,9,10). The first kappa shape index (κ1) is 11.4. The van der Waals surface area contributed by atoms with Gasteiger partial charge in [-0.25, -0.2) is 0 Å². The van der Waals surface area contributed by atoms with Gasteiger partial charge in [-0.15, -0.1) is 0 Å². The van der Waals surface area contributed by atoms with Crippen LogP contribution in [-0.2, 0) is 14.3 Å². The first-order valence-corrected chi connectivity index (χ1v) is 4.25. The topological polar surface area (TPSA) is 63.6 Å². The first-order valence-electron chi connectivity index (χ1n) is 3.34. The molecule has 0 aromatic heterocycles. The molecule has 0 aromatic carbocycles. The van der Waals surface area contributed by atoms with Crippen LogP contribution in [0.4, 0.5) is 0 Å². The van der Waals surface area contributed by atoms with E-state index in [2.05, 4.69) is 15.9 Å². The zero-order valence-corrected chi connectivity index (χ0v) is 8.71. The maximum atomic E-state index is 11.0. The molecule has 5 heteroatoms. The molecule has 0 aliphatic carbocycles. The quantitative estimate of drug-likeness (QED) is 0.446. The summed E-state index contributed by atoms with van der Waals surface area (Å²) in [6, 6.07) is 0. The van der Waals surface area contributed by atoms with Crippen molar-refractivity contribution in [1.29, 1.82) is 0 Å². The second kappa shape index (κ2) is 3.89. The molecule has 0 saturated heterocycles. The third-order valence-corrected chi connectivity index (χ3v) is 1.60.